The van der Waals surface area contributed by atoms with Crippen LogP contribution in [0.25, 0.3) is 0 Å². The molecule has 1 aromatic heterocycles. The predicted molar refractivity (Wildman–Crippen MR) is 115 cm³/mol. The highest BCUT2D eigenvalue weighted by Crippen LogP contribution is 2.39. The van der Waals surface area contributed by atoms with Gasteiger partial charge in [0.25, 0.3) is 0 Å². The Labute approximate surface area is 189 Å². The summed E-state index contributed by atoms with van der Waals surface area (Å²) in [5, 5.41) is 19.1. The van der Waals surface area contributed by atoms with Crippen molar-refractivity contribution in [2.75, 3.05) is 36.9 Å². The number of hydrogen-bond acceptors (Lipinski definition) is 7. The van der Waals surface area contributed by atoms with Gasteiger partial charge in [-0.25, -0.2) is 13.4 Å². The molecule has 0 bridgehead atoms. The number of sulfonamides is 1. The number of aliphatic hydroxyl groups is 2. The number of nitrogen functional groups attached to an aromatic ring is 1. The van der Waals surface area contributed by atoms with Crippen LogP contribution in [0.5, 0.6) is 0 Å². The number of alkyl halides is 3. The van der Waals surface area contributed by atoms with Crippen molar-refractivity contribution in [2.24, 2.45) is 0 Å². The molecule has 2 aromatic rings. The van der Waals surface area contributed by atoms with E-state index in [-0.39, 0.29) is 30.3 Å². The van der Waals surface area contributed by atoms with Crippen LogP contribution >= 0.6 is 0 Å². The highest BCUT2D eigenvalue weighted by molar-refractivity contribution is 7.89. The number of benzene rings is 1. The van der Waals surface area contributed by atoms with Crippen molar-refractivity contribution in [1.29, 1.82) is 0 Å². The molecular weight excluding hydrogens is 461 g/mol. The lowest BCUT2D eigenvalue weighted by molar-refractivity contribution is -0.277. The monoisotopic (exact) mass is 484 g/mol. The van der Waals surface area contributed by atoms with Gasteiger partial charge in [0.15, 0.2) is 0 Å². The molecule has 178 valence electrons. The number of aliphatic hydroxyl groups excluding tert-OH is 1. The summed E-state index contributed by atoms with van der Waals surface area (Å²) in [7, 11) is -3.85. The van der Waals surface area contributed by atoms with Crippen molar-refractivity contribution in [1.82, 2.24) is 9.29 Å². The average molecular weight is 485 g/mol. The SMILES string of the molecule is CC#C[C@@H]1CN(S(=O)(=O)c2ccc(N)nc2)CCN1c1ccc([C@@](O)(CO)C(F)(F)F)cc1. The summed E-state index contributed by atoms with van der Waals surface area (Å²) < 4.78 is 66.9. The van der Waals surface area contributed by atoms with E-state index < -0.39 is 40.0 Å². The molecule has 1 fully saturated rings. The molecule has 3 rings (SSSR count). The lowest BCUT2D eigenvalue weighted by atomic mass is 9.93. The minimum Gasteiger partial charge on any atom is -0.393 e. The van der Waals surface area contributed by atoms with E-state index in [0.29, 0.717) is 5.69 Å². The third-order valence-corrected chi connectivity index (χ3v) is 7.27. The maximum Gasteiger partial charge on any atom is 0.423 e. The first-order valence-corrected chi connectivity index (χ1v) is 11.3. The molecule has 12 heteroatoms. The lowest BCUT2D eigenvalue weighted by Gasteiger charge is -2.40. The zero-order valence-corrected chi connectivity index (χ0v) is 18.4. The molecule has 0 aliphatic carbocycles. The topological polar surface area (TPSA) is 120 Å². The van der Waals surface area contributed by atoms with Gasteiger partial charge in [0.05, 0.1) is 6.61 Å². The minimum atomic E-state index is -5.06. The van der Waals surface area contributed by atoms with Gasteiger partial charge in [0, 0.05) is 31.5 Å². The largest absolute Gasteiger partial charge is 0.423 e. The van der Waals surface area contributed by atoms with Crippen LogP contribution < -0.4 is 10.6 Å². The maximum atomic E-state index is 13.2. The number of nitrogens with two attached hydrogens (primary N) is 1. The van der Waals surface area contributed by atoms with Crippen molar-refractivity contribution in [3.05, 3.63) is 48.2 Å². The van der Waals surface area contributed by atoms with Crippen LogP contribution in [0, 0.1) is 11.8 Å². The van der Waals surface area contributed by atoms with Crippen LogP contribution in [0.4, 0.5) is 24.7 Å². The lowest BCUT2D eigenvalue weighted by Crippen LogP contribution is -2.54. The molecule has 4 N–H and O–H groups in total. The van der Waals surface area contributed by atoms with Crippen LogP contribution in [-0.4, -0.2) is 66.4 Å². The highest BCUT2D eigenvalue weighted by atomic mass is 32.2. The molecule has 0 amide bonds. The number of hydrogen-bond donors (Lipinski definition) is 3. The van der Waals surface area contributed by atoms with Crippen molar-refractivity contribution >= 4 is 21.5 Å². The van der Waals surface area contributed by atoms with E-state index in [1.807, 2.05) is 0 Å². The Morgan fingerprint density at radius 1 is 1.18 bits per heavy atom. The maximum absolute atomic E-state index is 13.2. The Morgan fingerprint density at radius 3 is 2.36 bits per heavy atom. The number of piperazine rings is 1. The molecule has 2 heterocycles. The van der Waals surface area contributed by atoms with Crippen molar-refractivity contribution in [3.63, 3.8) is 0 Å². The molecular formula is C21H23F3N4O4S. The van der Waals surface area contributed by atoms with Gasteiger partial charge >= 0.3 is 6.18 Å². The van der Waals surface area contributed by atoms with E-state index in [9.17, 15) is 26.7 Å². The van der Waals surface area contributed by atoms with Gasteiger partial charge in [-0.3, -0.25) is 0 Å². The van der Waals surface area contributed by atoms with Gasteiger partial charge < -0.3 is 20.8 Å². The third-order valence-electron chi connectivity index (χ3n) is 5.43. The van der Waals surface area contributed by atoms with E-state index in [4.69, 9.17) is 10.8 Å². The number of halogens is 3. The van der Waals surface area contributed by atoms with Crippen LogP contribution in [0.2, 0.25) is 0 Å². The van der Waals surface area contributed by atoms with Gasteiger partial charge in [-0.1, -0.05) is 18.1 Å². The second kappa shape index (κ2) is 9.18. The molecule has 2 atom stereocenters. The molecule has 1 saturated heterocycles. The van der Waals surface area contributed by atoms with Crippen molar-refractivity contribution in [2.45, 2.75) is 29.6 Å². The first-order chi connectivity index (χ1) is 15.4. The second-order valence-corrected chi connectivity index (χ2v) is 9.39. The van der Waals surface area contributed by atoms with E-state index in [1.54, 1.807) is 11.8 Å². The number of nitrogens with zero attached hydrogens (tertiary/aromatic N) is 3. The standard InChI is InChI=1S/C21H23F3N4O4S/c1-2-3-17-13-27(33(31,32)18-8-9-19(25)26-12-18)10-11-28(17)16-6-4-15(5-7-16)20(30,14-29)21(22,23)24/h4-9,12,17,29-30H,10-11,13-14H2,1H3,(H2,25,26)/t17-,20+/m1/s1. The quantitative estimate of drug-likeness (QED) is 0.548. The van der Waals surface area contributed by atoms with Gasteiger partial charge in [-0.05, 0) is 36.8 Å². The highest BCUT2D eigenvalue weighted by Gasteiger charge is 2.54. The summed E-state index contributed by atoms with van der Waals surface area (Å²) in [6.07, 6.45) is -3.88. The van der Waals surface area contributed by atoms with Crippen LogP contribution in [0.3, 0.4) is 0 Å². The summed E-state index contributed by atoms with van der Waals surface area (Å²) in [6, 6.07) is 7.11. The number of aromatic nitrogens is 1. The zero-order chi connectivity index (χ0) is 24.4. The van der Waals surface area contributed by atoms with Gasteiger partial charge in [0.2, 0.25) is 15.6 Å². The zero-order valence-electron chi connectivity index (χ0n) is 17.6. The minimum absolute atomic E-state index is 0.00634. The number of anilines is 2. The first-order valence-electron chi connectivity index (χ1n) is 9.85. The van der Waals surface area contributed by atoms with E-state index in [0.717, 1.165) is 12.1 Å². The average Bonchev–Trinajstić information content (AvgIpc) is 2.78. The molecule has 0 spiro atoms. The molecule has 0 unspecified atom stereocenters. The Kier molecular flexibility index (Phi) is 6.90. The van der Waals surface area contributed by atoms with E-state index in [1.165, 1.54) is 34.8 Å². The summed E-state index contributed by atoms with van der Waals surface area (Å²) in [4.78, 5) is 5.60. The smallest absolute Gasteiger partial charge is 0.393 e. The van der Waals surface area contributed by atoms with Crippen LogP contribution in [0.15, 0.2) is 47.5 Å². The Bertz CT molecular complexity index is 1150. The molecule has 0 saturated carbocycles. The number of pyridine rings is 1. The molecule has 0 radical (unpaired) electrons. The van der Waals surface area contributed by atoms with Crippen molar-refractivity contribution < 1.29 is 31.8 Å². The second-order valence-electron chi connectivity index (χ2n) is 7.45. The van der Waals surface area contributed by atoms with Gasteiger partial charge in [-0.15, -0.1) is 5.92 Å². The first kappa shape index (κ1) is 24.8. The van der Waals surface area contributed by atoms with Gasteiger partial charge in [0.1, 0.15) is 16.8 Å². The van der Waals surface area contributed by atoms with E-state index >= 15 is 0 Å². The fourth-order valence-electron chi connectivity index (χ4n) is 3.54. The molecule has 33 heavy (non-hydrogen) atoms. The Balaban J connectivity index is 1.86. The normalized spacial score (nSPS) is 19.5. The third kappa shape index (κ3) is 4.77. The fourth-order valence-corrected chi connectivity index (χ4v) is 4.93. The number of rotatable bonds is 5. The predicted octanol–water partition coefficient (Wildman–Crippen LogP) is 1.31. The fraction of sp³-hybridized carbons (Fsp3) is 0.381. The summed E-state index contributed by atoms with van der Waals surface area (Å²) in [6.45, 7) is 0.446. The Hall–Kier alpha value is -2.85. The molecule has 1 aliphatic rings. The molecule has 1 aliphatic heterocycles. The summed E-state index contributed by atoms with van der Waals surface area (Å²) in [5.41, 5.74) is 2.14. The summed E-state index contributed by atoms with van der Waals surface area (Å²) in [5.74, 6) is 5.89. The van der Waals surface area contributed by atoms with Crippen LogP contribution in [-0.2, 0) is 15.6 Å². The van der Waals surface area contributed by atoms with E-state index in [2.05, 4.69) is 16.8 Å². The van der Waals surface area contributed by atoms with Crippen LogP contribution in [0.1, 0.15) is 12.5 Å². The van der Waals surface area contributed by atoms with Crippen molar-refractivity contribution in [3.8, 4) is 11.8 Å². The molecule has 8 nitrogen and oxygen atoms in total. The van der Waals surface area contributed by atoms with Gasteiger partial charge in [-0.2, -0.15) is 17.5 Å². The summed E-state index contributed by atoms with van der Waals surface area (Å²) >= 11 is 0. The molecule has 1 aromatic carbocycles. The Morgan fingerprint density at radius 2 is 1.85 bits per heavy atom.